The molecule has 1 saturated heterocycles. The number of nitrogens with zero attached hydrogens (tertiary/aromatic N) is 2. The molecule has 1 aliphatic rings. The summed E-state index contributed by atoms with van der Waals surface area (Å²) >= 11 is 7.56. The van der Waals surface area contributed by atoms with Crippen molar-refractivity contribution in [3.63, 3.8) is 0 Å². The summed E-state index contributed by atoms with van der Waals surface area (Å²) in [6.07, 6.45) is 2.49. The molecule has 1 aromatic heterocycles. The third kappa shape index (κ3) is 3.60. The number of anilines is 1. The van der Waals surface area contributed by atoms with E-state index in [0.29, 0.717) is 12.3 Å². The van der Waals surface area contributed by atoms with Crippen LogP contribution in [0.2, 0.25) is 5.02 Å². The number of hydrogen-bond donors (Lipinski definition) is 1. The minimum absolute atomic E-state index is 0.135. The van der Waals surface area contributed by atoms with Crippen molar-refractivity contribution in [1.82, 2.24) is 9.71 Å². The molecule has 1 N–H and O–H groups in total. The third-order valence-corrected chi connectivity index (χ3v) is 6.28. The summed E-state index contributed by atoms with van der Waals surface area (Å²) in [6.45, 7) is 1.39. The number of rotatable bonds is 5. The van der Waals surface area contributed by atoms with Crippen LogP contribution in [0.3, 0.4) is 0 Å². The fourth-order valence-electron chi connectivity index (χ4n) is 2.50. The molecule has 0 bridgehead atoms. The highest BCUT2D eigenvalue weighted by Crippen LogP contribution is 2.28. The maximum Gasteiger partial charge on any atom is 0.240 e. The molecule has 23 heavy (non-hydrogen) atoms. The van der Waals surface area contributed by atoms with Crippen molar-refractivity contribution in [3.8, 4) is 5.75 Å². The van der Waals surface area contributed by atoms with Crippen LogP contribution in [0, 0.1) is 0 Å². The van der Waals surface area contributed by atoms with Gasteiger partial charge in [-0.3, -0.25) is 0 Å². The lowest BCUT2D eigenvalue weighted by atomic mass is 10.3. The summed E-state index contributed by atoms with van der Waals surface area (Å²) in [6, 6.07) is 4.29. The second-order valence-electron chi connectivity index (χ2n) is 5.16. The topological polar surface area (TPSA) is 71.5 Å². The van der Waals surface area contributed by atoms with Crippen molar-refractivity contribution in [2.75, 3.05) is 25.1 Å². The van der Waals surface area contributed by atoms with Gasteiger partial charge in [0.2, 0.25) is 10.0 Å². The molecule has 1 unspecified atom stereocenters. The number of ether oxygens (including phenoxy) is 1. The van der Waals surface area contributed by atoms with E-state index in [-0.39, 0.29) is 16.0 Å². The summed E-state index contributed by atoms with van der Waals surface area (Å²) in [5.74, 6) is 0.446. The predicted octanol–water partition coefficient (Wildman–Crippen LogP) is 2.36. The standard InChI is InChI=1S/C14H16ClN3O3S2/c1-21-13-3-2-11(8-12(13)15)23(19,20)17-10-4-6-18(9-10)14-16-5-7-22-14/h2-3,5,7-8,10,17H,4,6,9H2,1H3. The maximum absolute atomic E-state index is 12.5. The molecule has 1 atom stereocenters. The quantitative estimate of drug-likeness (QED) is 0.871. The van der Waals surface area contributed by atoms with Crippen LogP contribution in [-0.2, 0) is 10.0 Å². The highest BCUT2D eigenvalue weighted by Gasteiger charge is 2.28. The van der Waals surface area contributed by atoms with Crippen molar-refractivity contribution >= 4 is 38.1 Å². The first-order valence-electron chi connectivity index (χ1n) is 7.00. The normalized spacial score (nSPS) is 18.3. The van der Waals surface area contributed by atoms with Gasteiger partial charge in [0.05, 0.1) is 17.0 Å². The first-order chi connectivity index (χ1) is 11.0. The summed E-state index contributed by atoms with van der Waals surface area (Å²) in [5, 5.41) is 3.09. The molecule has 1 aliphatic heterocycles. The van der Waals surface area contributed by atoms with E-state index >= 15 is 0 Å². The first kappa shape index (κ1) is 16.5. The van der Waals surface area contributed by atoms with E-state index in [1.807, 2.05) is 5.38 Å². The monoisotopic (exact) mass is 373 g/mol. The lowest BCUT2D eigenvalue weighted by molar-refractivity contribution is 0.414. The van der Waals surface area contributed by atoms with E-state index < -0.39 is 10.0 Å². The molecular formula is C14H16ClN3O3S2. The lowest BCUT2D eigenvalue weighted by Crippen LogP contribution is -2.37. The zero-order valence-electron chi connectivity index (χ0n) is 12.4. The molecule has 2 heterocycles. The largest absolute Gasteiger partial charge is 0.495 e. The van der Waals surface area contributed by atoms with Crippen LogP contribution in [0.15, 0.2) is 34.7 Å². The van der Waals surface area contributed by atoms with Crippen LogP contribution in [0.25, 0.3) is 0 Å². The van der Waals surface area contributed by atoms with Gasteiger partial charge in [-0.2, -0.15) is 0 Å². The number of benzene rings is 1. The highest BCUT2D eigenvalue weighted by atomic mass is 35.5. The minimum atomic E-state index is -3.62. The van der Waals surface area contributed by atoms with E-state index in [1.165, 1.54) is 19.2 Å². The molecule has 0 aliphatic carbocycles. The van der Waals surface area contributed by atoms with Gasteiger partial charge in [-0.15, -0.1) is 11.3 Å². The molecule has 2 aromatic rings. The van der Waals surface area contributed by atoms with Crippen LogP contribution in [0.1, 0.15) is 6.42 Å². The molecule has 6 nitrogen and oxygen atoms in total. The number of nitrogens with one attached hydrogen (secondary N) is 1. The van der Waals surface area contributed by atoms with Gasteiger partial charge in [-0.1, -0.05) is 11.6 Å². The van der Waals surface area contributed by atoms with E-state index in [2.05, 4.69) is 14.6 Å². The van der Waals surface area contributed by atoms with Gasteiger partial charge in [0.1, 0.15) is 5.75 Å². The molecule has 0 radical (unpaired) electrons. The number of aromatic nitrogens is 1. The zero-order chi connectivity index (χ0) is 16.4. The molecule has 3 rings (SSSR count). The first-order valence-corrected chi connectivity index (χ1v) is 9.74. The second-order valence-corrected chi connectivity index (χ2v) is 8.16. The predicted molar refractivity (Wildman–Crippen MR) is 91.1 cm³/mol. The Labute approximate surface area is 144 Å². The van der Waals surface area contributed by atoms with Gasteiger partial charge >= 0.3 is 0 Å². The maximum atomic E-state index is 12.5. The molecule has 0 saturated carbocycles. The molecule has 1 aromatic carbocycles. The summed E-state index contributed by atoms with van der Waals surface area (Å²) in [4.78, 5) is 6.47. The average Bonchev–Trinajstić information content (AvgIpc) is 3.17. The highest BCUT2D eigenvalue weighted by molar-refractivity contribution is 7.89. The van der Waals surface area contributed by atoms with Gasteiger partial charge in [-0.05, 0) is 24.6 Å². The van der Waals surface area contributed by atoms with Crippen LogP contribution >= 0.6 is 22.9 Å². The van der Waals surface area contributed by atoms with E-state index in [4.69, 9.17) is 16.3 Å². The third-order valence-electron chi connectivity index (χ3n) is 3.63. The fourth-order valence-corrected chi connectivity index (χ4v) is 4.79. The summed E-state index contributed by atoms with van der Waals surface area (Å²) in [5.41, 5.74) is 0. The van der Waals surface area contributed by atoms with Crippen molar-refractivity contribution in [3.05, 3.63) is 34.8 Å². The number of thiazole rings is 1. The van der Waals surface area contributed by atoms with Crippen LogP contribution < -0.4 is 14.4 Å². The van der Waals surface area contributed by atoms with Gasteiger partial charge in [-0.25, -0.2) is 18.1 Å². The van der Waals surface area contributed by atoms with E-state index in [0.717, 1.165) is 18.1 Å². The molecule has 0 amide bonds. The molecule has 0 spiro atoms. The Balaban J connectivity index is 1.71. The minimum Gasteiger partial charge on any atom is -0.495 e. The van der Waals surface area contributed by atoms with E-state index in [9.17, 15) is 8.42 Å². The number of halogens is 1. The van der Waals surface area contributed by atoms with Crippen molar-refractivity contribution in [2.45, 2.75) is 17.4 Å². The molecular weight excluding hydrogens is 358 g/mol. The number of methoxy groups -OCH3 is 1. The summed E-state index contributed by atoms with van der Waals surface area (Å²) < 4.78 is 32.8. The van der Waals surface area contributed by atoms with Crippen LogP contribution in [0.4, 0.5) is 5.13 Å². The number of sulfonamides is 1. The lowest BCUT2D eigenvalue weighted by Gasteiger charge is -2.16. The Morgan fingerprint density at radius 2 is 2.30 bits per heavy atom. The van der Waals surface area contributed by atoms with Gasteiger partial charge in [0.25, 0.3) is 0 Å². The van der Waals surface area contributed by atoms with Crippen LogP contribution in [-0.4, -0.2) is 39.6 Å². The smallest absolute Gasteiger partial charge is 0.240 e. The van der Waals surface area contributed by atoms with Crippen molar-refractivity contribution in [2.24, 2.45) is 0 Å². The fraction of sp³-hybridized carbons (Fsp3) is 0.357. The van der Waals surface area contributed by atoms with Gasteiger partial charge in [0, 0.05) is 30.7 Å². The Morgan fingerprint density at radius 1 is 1.48 bits per heavy atom. The van der Waals surface area contributed by atoms with Crippen LogP contribution in [0.5, 0.6) is 5.75 Å². The zero-order valence-corrected chi connectivity index (χ0v) is 14.8. The molecule has 9 heteroatoms. The van der Waals surface area contributed by atoms with Crippen molar-refractivity contribution < 1.29 is 13.2 Å². The molecule has 124 valence electrons. The van der Waals surface area contributed by atoms with Crippen molar-refractivity contribution in [1.29, 1.82) is 0 Å². The van der Waals surface area contributed by atoms with Gasteiger partial charge in [0.15, 0.2) is 5.13 Å². The molecule has 1 fully saturated rings. The summed E-state index contributed by atoms with van der Waals surface area (Å²) in [7, 11) is -2.13. The Bertz CT molecular complexity index is 781. The van der Waals surface area contributed by atoms with Gasteiger partial charge < -0.3 is 9.64 Å². The number of hydrogen-bond acceptors (Lipinski definition) is 6. The average molecular weight is 374 g/mol. The Hall–Kier alpha value is -1.35. The van der Waals surface area contributed by atoms with E-state index in [1.54, 1.807) is 23.6 Å². The Kier molecular flexibility index (Phi) is 4.77. The Morgan fingerprint density at radius 3 is 2.96 bits per heavy atom. The SMILES string of the molecule is COc1ccc(S(=O)(=O)NC2CCN(c3nccs3)C2)cc1Cl. The second kappa shape index (κ2) is 6.64.